The minimum atomic E-state index is -1.26. The van der Waals surface area contributed by atoms with Gasteiger partial charge in [-0.15, -0.1) is 0 Å². The highest BCUT2D eigenvalue weighted by molar-refractivity contribution is 6.09. The number of benzene rings is 2. The number of fused-ring (bicyclic) bond motifs is 1. The molecule has 2 aromatic rings. The van der Waals surface area contributed by atoms with Crippen LogP contribution in [0.2, 0.25) is 0 Å². The Morgan fingerprint density at radius 3 is 2.61 bits per heavy atom. The average Bonchev–Trinajstić information content (AvgIpc) is 3.31. The predicted molar refractivity (Wildman–Crippen MR) is 112 cm³/mol. The molecular formula is C23H23N3O5. The molecule has 2 N–H and O–H groups in total. The van der Waals surface area contributed by atoms with Gasteiger partial charge in [-0.3, -0.25) is 19.3 Å². The van der Waals surface area contributed by atoms with E-state index in [1.54, 1.807) is 37.3 Å². The molecule has 4 amide bonds. The number of aryl methyl sites for hydroxylation is 2. The molecule has 8 nitrogen and oxygen atoms in total. The summed E-state index contributed by atoms with van der Waals surface area (Å²) >= 11 is 0. The third-order valence-electron chi connectivity index (χ3n) is 5.66. The van der Waals surface area contributed by atoms with Crippen molar-refractivity contribution in [1.29, 1.82) is 0 Å². The number of hydrogen-bond donors (Lipinski definition) is 2. The number of nitrogens with one attached hydrogen (secondary N) is 2. The van der Waals surface area contributed by atoms with Gasteiger partial charge in [0.2, 0.25) is 0 Å². The number of nitrogens with zero attached hydrogens (tertiary/aromatic N) is 1. The quantitative estimate of drug-likeness (QED) is 0.549. The molecule has 160 valence electrons. The first-order valence-electron chi connectivity index (χ1n) is 10.1. The third-order valence-corrected chi connectivity index (χ3v) is 5.66. The highest BCUT2D eigenvalue weighted by Crippen LogP contribution is 2.28. The molecule has 0 bridgehead atoms. The number of carbonyl (C=O) groups is 4. The Morgan fingerprint density at radius 1 is 1.10 bits per heavy atom. The lowest BCUT2D eigenvalue weighted by Crippen LogP contribution is -2.41. The van der Waals surface area contributed by atoms with Crippen LogP contribution in [-0.2, 0) is 37.5 Å². The summed E-state index contributed by atoms with van der Waals surface area (Å²) < 4.78 is 4.98. The van der Waals surface area contributed by atoms with E-state index in [2.05, 4.69) is 10.6 Å². The summed E-state index contributed by atoms with van der Waals surface area (Å²) in [6.07, 6.45) is 3.14. The summed E-state index contributed by atoms with van der Waals surface area (Å²) in [6, 6.07) is 13.8. The Balaban J connectivity index is 1.31. The molecule has 0 unspecified atom stereocenters. The number of urea groups is 1. The molecule has 0 aromatic heterocycles. The van der Waals surface area contributed by atoms with E-state index in [1.807, 2.05) is 18.2 Å². The van der Waals surface area contributed by atoms with E-state index >= 15 is 0 Å². The van der Waals surface area contributed by atoms with Crippen LogP contribution in [0.25, 0.3) is 0 Å². The van der Waals surface area contributed by atoms with Crippen LogP contribution in [0.4, 0.5) is 10.5 Å². The Kier molecular flexibility index (Phi) is 5.46. The first kappa shape index (κ1) is 20.6. The molecule has 31 heavy (non-hydrogen) atoms. The summed E-state index contributed by atoms with van der Waals surface area (Å²) in [7, 11) is 0. The molecule has 0 spiro atoms. The largest absolute Gasteiger partial charge is 0.454 e. The molecule has 8 heteroatoms. The van der Waals surface area contributed by atoms with E-state index in [1.165, 1.54) is 11.1 Å². The van der Waals surface area contributed by atoms with Crippen molar-refractivity contribution in [1.82, 2.24) is 10.2 Å². The van der Waals surface area contributed by atoms with Crippen molar-refractivity contribution < 1.29 is 23.9 Å². The van der Waals surface area contributed by atoms with E-state index in [0.29, 0.717) is 11.3 Å². The van der Waals surface area contributed by atoms with Crippen LogP contribution in [0, 0.1) is 0 Å². The number of amides is 4. The summed E-state index contributed by atoms with van der Waals surface area (Å²) in [5.74, 6) is -1.88. The minimum Gasteiger partial charge on any atom is -0.454 e. The van der Waals surface area contributed by atoms with Crippen molar-refractivity contribution in [3.8, 4) is 0 Å². The van der Waals surface area contributed by atoms with Crippen molar-refractivity contribution >= 4 is 29.5 Å². The first-order valence-corrected chi connectivity index (χ1v) is 10.1. The summed E-state index contributed by atoms with van der Waals surface area (Å²) in [5.41, 5.74) is 2.51. The molecule has 2 aliphatic rings. The molecule has 1 aliphatic carbocycles. The average molecular weight is 421 g/mol. The zero-order valence-corrected chi connectivity index (χ0v) is 17.1. The maximum absolute atomic E-state index is 12.8. The second-order valence-electron chi connectivity index (χ2n) is 7.86. The number of carbonyl (C=O) groups excluding carboxylic acids is 4. The van der Waals surface area contributed by atoms with Crippen LogP contribution < -0.4 is 10.6 Å². The van der Waals surface area contributed by atoms with Gasteiger partial charge in [0.25, 0.3) is 11.8 Å². The van der Waals surface area contributed by atoms with Crippen LogP contribution in [-0.4, -0.2) is 41.9 Å². The Labute approximate surface area is 179 Å². The second-order valence-corrected chi connectivity index (χ2v) is 7.86. The van der Waals surface area contributed by atoms with E-state index in [9.17, 15) is 19.2 Å². The molecule has 0 saturated carbocycles. The van der Waals surface area contributed by atoms with Gasteiger partial charge in [-0.25, -0.2) is 4.79 Å². The van der Waals surface area contributed by atoms with Gasteiger partial charge in [0, 0.05) is 5.69 Å². The molecule has 1 heterocycles. The smallest absolute Gasteiger partial charge is 0.326 e. The van der Waals surface area contributed by atoms with Crippen molar-refractivity contribution in [2.75, 3.05) is 18.5 Å². The van der Waals surface area contributed by atoms with Gasteiger partial charge in [-0.2, -0.15) is 0 Å². The number of imide groups is 1. The number of hydrogen-bond acceptors (Lipinski definition) is 5. The van der Waals surface area contributed by atoms with Gasteiger partial charge in [0.05, 0.1) is 0 Å². The van der Waals surface area contributed by atoms with Gasteiger partial charge < -0.3 is 15.4 Å². The van der Waals surface area contributed by atoms with Gasteiger partial charge in [0.1, 0.15) is 12.1 Å². The van der Waals surface area contributed by atoms with E-state index in [0.717, 1.165) is 24.2 Å². The number of esters is 1. The van der Waals surface area contributed by atoms with Crippen molar-refractivity contribution in [2.24, 2.45) is 0 Å². The zero-order chi connectivity index (χ0) is 22.0. The van der Waals surface area contributed by atoms with Crippen molar-refractivity contribution in [3.05, 3.63) is 65.2 Å². The lowest BCUT2D eigenvalue weighted by Gasteiger charge is -2.21. The predicted octanol–water partition coefficient (Wildman–Crippen LogP) is 2.12. The fourth-order valence-corrected chi connectivity index (χ4v) is 3.98. The summed E-state index contributed by atoms with van der Waals surface area (Å²) in [4.78, 5) is 50.2. The monoisotopic (exact) mass is 421 g/mol. The molecule has 4 rings (SSSR count). The maximum Gasteiger partial charge on any atom is 0.326 e. The van der Waals surface area contributed by atoms with Gasteiger partial charge in [-0.1, -0.05) is 36.4 Å². The van der Waals surface area contributed by atoms with Crippen LogP contribution in [0.15, 0.2) is 48.5 Å². The highest BCUT2D eigenvalue weighted by Gasteiger charge is 2.49. The Hall–Kier alpha value is -3.68. The SMILES string of the molecule is C[C@]1(c2ccccc2)NC(=O)N(CC(=O)OCC(=O)Nc2ccc3c(c2)CCC3)C1=O. The second kappa shape index (κ2) is 8.22. The molecule has 2 aromatic carbocycles. The number of rotatable bonds is 6. The number of ether oxygens (including phenoxy) is 1. The van der Waals surface area contributed by atoms with Crippen LogP contribution >= 0.6 is 0 Å². The van der Waals surface area contributed by atoms with Crippen LogP contribution in [0.5, 0.6) is 0 Å². The Morgan fingerprint density at radius 2 is 1.84 bits per heavy atom. The lowest BCUT2D eigenvalue weighted by atomic mass is 9.92. The minimum absolute atomic E-state index is 0.488. The lowest BCUT2D eigenvalue weighted by molar-refractivity contribution is -0.150. The first-order chi connectivity index (χ1) is 14.9. The fourth-order valence-electron chi connectivity index (χ4n) is 3.98. The van der Waals surface area contributed by atoms with E-state index < -0.39 is 42.5 Å². The van der Waals surface area contributed by atoms with E-state index in [-0.39, 0.29) is 0 Å². The van der Waals surface area contributed by atoms with Crippen LogP contribution in [0.1, 0.15) is 30.0 Å². The molecule has 1 atom stereocenters. The molecule has 0 radical (unpaired) electrons. The topological polar surface area (TPSA) is 105 Å². The molecular weight excluding hydrogens is 398 g/mol. The standard InChI is InChI=1S/C23H23N3O5/c1-23(17-8-3-2-4-9-17)21(29)26(22(30)25-23)13-20(28)31-14-19(27)24-18-11-10-15-6-5-7-16(15)12-18/h2-4,8-12H,5-7,13-14H2,1H3,(H,24,27)(H,25,30)/t23-/m1/s1. The fraction of sp³-hybridized carbons (Fsp3) is 0.304. The van der Waals surface area contributed by atoms with Crippen molar-refractivity contribution in [2.45, 2.75) is 31.7 Å². The normalized spacial score (nSPS) is 19.7. The molecule has 1 aliphatic heterocycles. The van der Waals surface area contributed by atoms with Gasteiger partial charge in [-0.05, 0) is 55.0 Å². The summed E-state index contributed by atoms with van der Waals surface area (Å²) in [5, 5.41) is 5.32. The molecule has 1 saturated heterocycles. The van der Waals surface area contributed by atoms with Gasteiger partial charge in [0.15, 0.2) is 6.61 Å². The summed E-state index contributed by atoms with van der Waals surface area (Å²) in [6.45, 7) is 0.507. The van der Waals surface area contributed by atoms with Crippen LogP contribution in [0.3, 0.4) is 0 Å². The molecule has 1 fully saturated rings. The van der Waals surface area contributed by atoms with Crippen molar-refractivity contribution in [3.63, 3.8) is 0 Å². The number of anilines is 1. The third kappa shape index (κ3) is 4.14. The van der Waals surface area contributed by atoms with E-state index in [4.69, 9.17) is 4.74 Å². The maximum atomic E-state index is 12.8. The Bertz CT molecular complexity index is 1050. The van der Waals surface area contributed by atoms with Gasteiger partial charge >= 0.3 is 12.0 Å². The highest BCUT2D eigenvalue weighted by atomic mass is 16.5. The zero-order valence-electron chi connectivity index (χ0n) is 17.1.